The molecule has 21 heavy (non-hydrogen) atoms. The summed E-state index contributed by atoms with van der Waals surface area (Å²) in [6.07, 6.45) is 5.21. The Labute approximate surface area is 126 Å². The van der Waals surface area contributed by atoms with Crippen LogP contribution in [0, 0.1) is 11.3 Å². The number of ether oxygens (including phenoxy) is 1. The molecule has 1 heterocycles. The maximum absolute atomic E-state index is 12.5. The minimum absolute atomic E-state index is 0.0209. The number of rotatable bonds is 5. The fraction of sp³-hybridized carbons (Fsp3) is 0.875. The molecule has 1 amide bonds. The molecule has 1 unspecified atom stereocenters. The summed E-state index contributed by atoms with van der Waals surface area (Å²) in [6, 6.07) is 0. The first-order valence-corrected chi connectivity index (χ1v) is 7.87. The van der Waals surface area contributed by atoms with E-state index in [1.54, 1.807) is 21.0 Å². The maximum atomic E-state index is 12.5. The van der Waals surface area contributed by atoms with Gasteiger partial charge in [-0.25, -0.2) is 0 Å². The number of nitrogens with zero attached hydrogens (tertiary/aromatic N) is 1. The van der Waals surface area contributed by atoms with Crippen LogP contribution in [0.3, 0.4) is 0 Å². The van der Waals surface area contributed by atoms with Crippen LogP contribution >= 0.6 is 0 Å². The second-order valence-electron chi connectivity index (χ2n) is 7.12. The average molecular weight is 297 g/mol. The number of carbonyl (C=O) groups excluding carboxylic acids is 1. The number of carboxylic acid groups (broad SMARTS) is 1. The Hall–Kier alpha value is -1.10. The van der Waals surface area contributed by atoms with Crippen molar-refractivity contribution in [2.24, 2.45) is 11.3 Å². The molecular formula is C16H27NO4. The lowest BCUT2D eigenvalue weighted by atomic mass is 9.74. The lowest BCUT2D eigenvalue weighted by Gasteiger charge is -2.43. The number of carbonyl (C=O) groups is 2. The van der Waals surface area contributed by atoms with Crippen molar-refractivity contribution in [3.05, 3.63) is 0 Å². The van der Waals surface area contributed by atoms with Gasteiger partial charge in [0.1, 0.15) is 0 Å². The summed E-state index contributed by atoms with van der Waals surface area (Å²) >= 11 is 0. The zero-order valence-corrected chi connectivity index (χ0v) is 13.4. The van der Waals surface area contributed by atoms with Crippen molar-refractivity contribution in [1.29, 1.82) is 0 Å². The van der Waals surface area contributed by atoms with Crippen molar-refractivity contribution in [3.8, 4) is 0 Å². The molecule has 0 aromatic rings. The van der Waals surface area contributed by atoms with E-state index < -0.39 is 11.4 Å². The Morgan fingerprint density at radius 3 is 2.48 bits per heavy atom. The maximum Gasteiger partial charge on any atom is 0.309 e. The van der Waals surface area contributed by atoms with E-state index in [-0.39, 0.29) is 17.4 Å². The van der Waals surface area contributed by atoms with Crippen LogP contribution in [0.15, 0.2) is 0 Å². The third-order valence-corrected chi connectivity index (χ3v) is 5.52. The molecule has 0 spiro atoms. The number of piperidine rings is 1. The SMILES string of the molecule is COC1(CC(=O)N2CCCC(C(C)(C)C(=O)O)C2)CCC1. The number of hydrogen-bond acceptors (Lipinski definition) is 3. The highest BCUT2D eigenvalue weighted by Gasteiger charge is 2.43. The average Bonchev–Trinajstić information content (AvgIpc) is 2.42. The van der Waals surface area contributed by atoms with E-state index in [0.29, 0.717) is 13.0 Å². The van der Waals surface area contributed by atoms with Crippen LogP contribution in [0.1, 0.15) is 52.4 Å². The van der Waals surface area contributed by atoms with Crippen LogP contribution in [0.25, 0.3) is 0 Å². The van der Waals surface area contributed by atoms with Gasteiger partial charge in [0.15, 0.2) is 0 Å². The van der Waals surface area contributed by atoms with Gasteiger partial charge in [0.05, 0.1) is 17.4 Å². The van der Waals surface area contributed by atoms with E-state index in [0.717, 1.165) is 38.6 Å². The molecule has 120 valence electrons. The number of amides is 1. The quantitative estimate of drug-likeness (QED) is 0.845. The topological polar surface area (TPSA) is 66.8 Å². The summed E-state index contributed by atoms with van der Waals surface area (Å²) < 4.78 is 5.53. The Bertz CT molecular complexity index is 409. The minimum Gasteiger partial charge on any atom is -0.481 e. The largest absolute Gasteiger partial charge is 0.481 e. The smallest absolute Gasteiger partial charge is 0.309 e. The molecule has 1 aliphatic carbocycles. The minimum atomic E-state index is -0.783. The summed E-state index contributed by atoms with van der Waals surface area (Å²) in [5, 5.41) is 9.37. The molecule has 1 atom stereocenters. The van der Waals surface area contributed by atoms with Crippen LogP contribution in [0.4, 0.5) is 0 Å². The highest BCUT2D eigenvalue weighted by molar-refractivity contribution is 5.78. The van der Waals surface area contributed by atoms with Gasteiger partial charge in [0, 0.05) is 20.2 Å². The van der Waals surface area contributed by atoms with Gasteiger partial charge in [-0.2, -0.15) is 0 Å². The second-order valence-corrected chi connectivity index (χ2v) is 7.12. The van der Waals surface area contributed by atoms with Crippen molar-refractivity contribution in [2.75, 3.05) is 20.2 Å². The van der Waals surface area contributed by atoms with Crippen molar-refractivity contribution in [3.63, 3.8) is 0 Å². The molecule has 2 aliphatic rings. The predicted octanol–water partition coefficient (Wildman–Crippen LogP) is 2.29. The van der Waals surface area contributed by atoms with Crippen molar-refractivity contribution in [2.45, 2.75) is 58.0 Å². The Balaban J connectivity index is 1.97. The highest BCUT2D eigenvalue weighted by Crippen LogP contribution is 2.39. The van der Waals surface area contributed by atoms with Crippen LogP contribution in [0.5, 0.6) is 0 Å². The van der Waals surface area contributed by atoms with Gasteiger partial charge < -0.3 is 14.7 Å². The van der Waals surface area contributed by atoms with Crippen molar-refractivity contribution < 1.29 is 19.4 Å². The van der Waals surface area contributed by atoms with Gasteiger partial charge in [-0.05, 0) is 51.9 Å². The molecule has 5 nitrogen and oxygen atoms in total. The third kappa shape index (κ3) is 3.23. The first kappa shape index (κ1) is 16.3. The molecule has 1 saturated carbocycles. The van der Waals surface area contributed by atoms with Crippen LogP contribution in [-0.2, 0) is 14.3 Å². The number of hydrogen-bond donors (Lipinski definition) is 1. The Morgan fingerprint density at radius 1 is 1.33 bits per heavy atom. The summed E-state index contributed by atoms with van der Waals surface area (Å²) in [5.41, 5.74) is -1.04. The Morgan fingerprint density at radius 2 is 2.00 bits per heavy atom. The number of likely N-dealkylation sites (tertiary alicyclic amines) is 1. The third-order valence-electron chi connectivity index (χ3n) is 5.52. The lowest BCUT2D eigenvalue weighted by molar-refractivity contribution is -0.155. The van der Waals surface area contributed by atoms with Gasteiger partial charge in [-0.15, -0.1) is 0 Å². The first-order valence-electron chi connectivity index (χ1n) is 7.87. The monoisotopic (exact) mass is 297 g/mol. The molecule has 0 bridgehead atoms. The number of methoxy groups -OCH3 is 1. The lowest BCUT2D eigenvalue weighted by Crippen LogP contribution is -2.50. The van der Waals surface area contributed by atoms with Gasteiger partial charge in [0.25, 0.3) is 0 Å². The molecule has 1 aliphatic heterocycles. The van der Waals surface area contributed by atoms with E-state index in [9.17, 15) is 14.7 Å². The predicted molar refractivity (Wildman–Crippen MR) is 78.9 cm³/mol. The van der Waals surface area contributed by atoms with Gasteiger partial charge >= 0.3 is 5.97 Å². The normalized spacial score (nSPS) is 25.3. The van der Waals surface area contributed by atoms with Gasteiger partial charge in [-0.3, -0.25) is 9.59 Å². The molecule has 2 fully saturated rings. The van der Waals surface area contributed by atoms with Crippen LogP contribution in [0.2, 0.25) is 0 Å². The molecule has 0 aromatic heterocycles. The summed E-state index contributed by atoms with van der Waals surface area (Å²) in [4.78, 5) is 25.8. The fourth-order valence-electron chi connectivity index (χ4n) is 3.38. The summed E-state index contributed by atoms with van der Waals surface area (Å²) in [5.74, 6) is -0.649. The molecule has 2 rings (SSSR count). The summed E-state index contributed by atoms with van der Waals surface area (Å²) in [7, 11) is 1.68. The van der Waals surface area contributed by atoms with E-state index in [1.807, 2.05) is 4.90 Å². The van der Waals surface area contributed by atoms with Gasteiger partial charge in [-0.1, -0.05) is 0 Å². The number of aliphatic carboxylic acids is 1. The second kappa shape index (κ2) is 5.95. The molecule has 0 aromatic carbocycles. The highest BCUT2D eigenvalue weighted by atomic mass is 16.5. The summed E-state index contributed by atoms with van der Waals surface area (Å²) in [6.45, 7) is 4.82. The van der Waals surface area contributed by atoms with Crippen LogP contribution < -0.4 is 0 Å². The zero-order valence-electron chi connectivity index (χ0n) is 13.4. The number of carboxylic acids is 1. The van der Waals surface area contributed by atoms with E-state index in [4.69, 9.17) is 4.74 Å². The van der Waals surface area contributed by atoms with Crippen molar-refractivity contribution in [1.82, 2.24) is 4.90 Å². The molecule has 5 heteroatoms. The first-order chi connectivity index (χ1) is 9.81. The molecule has 1 saturated heterocycles. The Kier molecular flexibility index (Phi) is 4.61. The van der Waals surface area contributed by atoms with E-state index >= 15 is 0 Å². The van der Waals surface area contributed by atoms with Crippen LogP contribution in [-0.4, -0.2) is 47.7 Å². The molecule has 1 N–H and O–H groups in total. The van der Waals surface area contributed by atoms with Crippen molar-refractivity contribution >= 4 is 11.9 Å². The molecular weight excluding hydrogens is 270 g/mol. The zero-order chi connectivity index (χ0) is 15.7. The van der Waals surface area contributed by atoms with E-state index in [1.165, 1.54) is 0 Å². The molecule has 0 radical (unpaired) electrons. The van der Waals surface area contributed by atoms with E-state index in [2.05, 4.69) is 0 Å². The standard InChI is InChI=1S/C16H27NO4/c1-15(2,14(19)20)12-6-4-9-17(11-12)13(18)10-16(21-3)7-5-8-16/h12H,4-11H2,1-3H3,(H,19,20). The van der Waals surface area contributed by atoms with Gasteiger partial charge in [0.2, 0.25) is 5.91 Å². The fourth-order valence-corrected chi connectivity index (χ4v) is 3.38.